The highest BCUT2D eigenvalue weighted by Gasteiger charge is 2.10. The van der Waals surface area contributed by atoms with Crippen molar-refractivity contribution in [3.8, 4) is 11.1 Å². The fourth-order valence-corrected chi connectivity index (χ4v) is 3.40. The SMILES string of the molecule is CN(C)CCCC(=O)c1cccc(-c2cnc3ccn(Nc4ccncc4)c3c2)c1. The normalized spacial score (nSPS) is 11.2. The highest BCUT2D eigenvalue weighted by molar-refractivity contribution is 5.97. The minimum Gasteiger partial charge on any atom is -0.309 e. The molecule has 6 nitrogen and oxygen atoms in total. The topological polar surface area (TPSA) is 63.1 Å². The second-order valence-corrected chi connectivity index (χ2v) is 7.57. The molecule has 0 aliphatic rings. The zero-order valence-corrected chi connectivity index (χ0v) is 17.2. The number of anilines is 1. The number of ketones is 1. The van der Waals surface area contributed by atoms with E-state index in [1.165, 1.54) is 0 Å². The second kappa shape index (κ2) is 8.88. The Labute approximate surface area is 176 Å². The number of rotatable bonds is 8. The number of hydrogen-bond donors (Lipinski definition) is 1. The molecule has 6 heteroatoms. The fourth-order valence-electron chi connectivity index (χ4n) is 3.40. The zero-order chi connectivity index (χ0) is 20.9. The lowest BCUT2D eigenvalue weighted by molar-refractivity contribution is 0.0977. The molecule has 0 unspecified atom stereocenters. The van der Waals surface area contributed by atoms with Gasteiger partial charge in [0.1, 0.15) is 0 Å². The minimum atomic E-state index is 0.176. The number of nitrogens with one attached hydrogen (secondary N) is 1. The Morgan fingerprint density at radius 1 is 1.07 bits per heavy atom. The van der Waals surface area contributed by atoms with Gasteiger partial charge in [-0.25, -0.2) is 0 Å². The number of pyridine rings is 2. The van der Waals surface area contributed by atoms with Gasteiger partial charge in [-0.3, -0.25) is 24.9 Å². The third kappa shape index (κ3) is 4.55. The van der Waals surface area contributed by atoms with Gasteiger partial charge in [-0.15, -0.1) is 0 Å². The number of nitrogens with zero attached hydrogens (tertiary/aromatic N) is 4. The molecule has 1 N–H and O–H groups in total. The fraction of sp³-hybridized carbons (Fsp3) is 0.208. The van der Waals surface area contributed by atoms with Crippen LogP contribution in [-0.4, -0.2) is 46.0 Å². The average Bonchev–Trinajstić information content (AvgIpc) is 3.16. The van der Waals surface area contributed by atoms with Crippen LogP contribution in [0.5, 0.6) is 0 Å². The first-order valence-corrected chi connectivity index (χ1v) is 10.0. The smallest absolute Gasteiger partial charge is 0.162 e. The summed E-state index contributed by atoms with van der Waals surface area (Å²) in [6, 6.07) is 15.7. The van der Waals surface area contributed by atoms with E-state index >= 15 is 0 Å². The summed E-state index contributed by atoms with van der Waals surface area (Å²) in [5.41, 5.74) is 8.86. The lowest BCUT2D eigenvalue weighted by Crippen LogP contribution is -2.14. The monoisotopic (exact) mass is 399 g/mol. The van der Waals surface area contributed by atoms with Crippen molar-refractivity contribution < 1.29 is 4.79 Å². The van der Waals surface area contributed by atoms with E-state index in [9.17, 15) is 4.79 Å². The standard InChI is InChI=1S/C24H25N5O/c1-28(2)13-4-7-24(30)19-6-3-5-18(15-19)20-16-23-22(26-17-20)10-14-29(23)27-21-8-11-25-12-9-21/h3,5-6,8-12,14-17H,4,7,13H2,1-2H3,(H,25,27). The second-order valence-electron chi connectivity index (χ2n) is 7.57. The van der Waals surface area contributed by atoms with Crippen LogP contribution in [0.15, 0.2) is 73.3 Å². The van der Waals surface area contributed by atoms with Crippen molar-refractivity contribution in [2.45, 2.75) is 12.8 Å². The highest BCUT2D eigenvalue weighted by atomic mass is 16.1. The van der Waals surface area contributed by atoms with E-state index in [0.717, 1.165) is 46.4 Å². The molecule has 152 valence electrons. The first-order valence-electron chi connectivity index (χ1n) is 10.0. The molecule has 0 atom stereocenters. The predicted molar refractivity (Wildman–Crippen MR) is 121 cm³/mol. The van der Waals surface area contributed by atoms with E-state index in [1.807, 2.05) is 73.6 Å². The lowest BCUT2D eigenvalue weighted by atomic mass is 10.0. The van der Waals surface area contributed by atoms with Crippen LogP contribution >= 0.6 is 0 Å². The average molecular weight is 399 g/mol. The summed E-state index contributed by atoms with van der Waals surface area (Å²) in [6.07, 6.45) is 8.72. The van der Waals surface area contributed by atoms with Gasteiger partial charge in [-0.2, -0.15) is 0 Å². The highest BCUT2D eigenvalue weighted by Crippen LogP contribution is 2.25. The van der Waals surface area contributed by atoms with Gasteiger partial charge in [-0.05, 0) is 63.0 Å². The van der Waals surface area contributed by atoms with Crippen LogP contribution in [0, 0.1) is 0 Å². The number of aromatic nitrogens is 3. The van der Waals surface area contributed by atoms with E-state index in [2.05, 4.69) is 26.4 Å². The lowest BCUT2D eigenvalue weighted by Gasteiger charge is -2.10. The van der Waals surface area contributed by atoms with E-state index in [-0.39, 0.29) is 5.78 Å². The van der Waals surface area contributed by atoms with Crippen molar-refractivity contribution >= 4 is 22.5 Å². The molecule has 0 spiro atoms. The maximum atomic E-state index is 12.6. The molecule has 3 aromatic heterocycles. The molecule has 0 saturated heterocycles. The Morgan fingerprint density at radius 3 is 2.70 bits per heavy atom. The molecule has 0 saturated carbocycles. The van der Waals surface area contributed by atoms with E-state index in [1.54, 1.807) is 12.4 Å². The van der Waals surface area contributed by atoms with Gasteiger partial charge in [0.15, 0.2) is 5.78 Å². The molecular weight excluding hydrogens is 374 g/mol. The molecule has 30 heavy (non-hydrogen) atoms. The molecule has 1 aromatic carbocycles. The Kier molecular flexibility index (Phi) is 5.86. The van der Waals surface area contributed by atoms with Gasteiger partial charge in [0.05, 0.1) is 16.7 Å². The maximum absolute atomic E-state index is 12.6. The van der Waals surface area contributed by atoms with E-state index < -0.39 is 0 Å². The third-order valence-corrected chi connectivity index (χ3v) is 5.00. The van der Waals surface area contributed by atoms with Gasteiger partial charge in [-0.1, -0.05) is 18.2 Å². The number of Topliss-reactive ketones (excluding diaryl/α,β-unsaturated/α-hetero) is 1. The number of fused-ring (bicyclic) bond motifs is 1. The number of hydrogen-bond acceptors (Lipinski definition) is 5. The van der Waals surface area contributed by atoms with Crippen molar-refractivity contribution in [2.24, 2.45) is 0 Å². The minimum absolute atomic E-state index is 0.176. The third-order valence-electron chi connectivity index (χ3n) is 5.00. The predicted octanol–water partition coefficient (Wildman–Crippen LogP) is 4.50. The Hall–Kier alpha value is -3.51. The van der Waals surface area contributed by atoms with Crippen LogP contribution in [0.4, 0.5) is 5.69 Å². The number of benzene rings is 1. The van der Waals surface area contributed by atoms with Gasteiger partial charge in [0.2, 0.25) is 0 Å². The summed E-state index contributed by atoms with van der Waals surface area (Å²) in [7, 11) is 4.04. The molecule has 4 rings (SSSR count). The summed E-state index contributed by atoms with van der Waals surface area (Å²) < 4.78 is 1.94. The molecule has 0 aliphatic heterocycles. The van der Waals surface area contributed by atoms with Crippen LogP contribution in [-0.2, 0) is 0 Å². The first-order chi connectivity index (χ1) is 14.6. The maximum Gasteiger partial charge on any atom is 0.162 e. The number of carbonyl (C=O) groups is 1. The van der Waals surface area contributed by atoms with Gasteiger partial charge >= 0.3 is 0 Å². The Balaban J connectivity index is 1.59. The quantitative estimate of drug-likeness (QED) is 0.442. The van der Waals surface area contributed by atoms with Gasteiger partial charge < -0.3 is 4.90 Å². The molecule has 3 heterocycles. The van der Waals surface area contributed by atoms with Crippen LogP contribution in [0.3, 0.4) is 0 Å². The largest absolute Gasteiger partial charge is 0.309 e. The Morgan fingerprint density at radius 2 is 1.90 bits per heavy atom. The molecule has 0 bridgehead atoms. The summed E-state index contributed by atoms with van der Waals surface area (Å²) in [4.78, 5) is 23.3. The van der Waals surface area contributed by atoms with E-state index in [4.69, 9.17) is 0 Å². The van der Waals surface area contributed by atoms with Crippen molar-refractivity contribution in [3.05, 3.63) is 78.9 Å². The number of carbonyl (C=O) groups excluding carboxylic acids is 1. The van der Waals surface area contributed by atoms with Crippen molar-refractivity contribution in [1.82, 2.24) is 19.5 Å². The van der Waals surface area contributed by atoms with Crippen LogP contribution in [0.1, 0.15) is 23.2 Å². The molecular formula is C24H25N5O. The van der Waals surface area contributed by atoms with Crippen LogP contribution in [0.25, 0.3) is 22.2 Å². The molecule has 0 aliphatic carbocycles. The summed E-state index contributed by atoms with van der Waals surface area (Å²) in [5, 5.41) is 0. The Bertz CT molecular complexity index is 1150. The van der Waals surface area contributed by atoms with Crippen molar-refractivity contribution in [2.75, 3.05) is 26.1 Å². The summed E-state index contributed by atoms with van der Waals surface area (Å²) >= 11 is 0. The molecule has 0 fully saturated rings. The van der Waals surface area contributed by atoms with Gasteiger partial charge in [0.25, 0.3) is 0 Å². The molecule has 4 aromatic rings. The summed E-state index contributed by atoms with van der Waals surface area (Å²) in [5.74, 6) is 0.176. The summed E-state index contributed by atoms with van der Waals surface area (Å²) in [6.45, 7) is 0.910. The zero-order valence-electron chi connectivity index (χ0n) is 17.2. The van der Waals surface area contributed by atoms with Crippen LogP contribution < -0.4 is 5.43 Å². The van der Waals surface area contributed by atoms with Crippen molar-refractivity contribution in [1.29, 1.82) is 0 Å². The van der Waals surface area contributed by atoms with Crippen molar-refractivity contribution in [3.63, 3.8) is 0 Å². The van der Waals surface area contributed by atoms with Crippen LogP contribution in [0.2, 0.25) is 0 Å². The van der Waals surface area contributed by atoms with Gasteiger partial charge in [0, 0.05) is 42.3 Å². The van der Waals surface area contributed by atoms with E-state index in [0.29, 0.717) is 6.42 Å². The first kappa shape index (κ1) is 19.8. The molecule has 0 amide bonds. The molecule has 0 radical (unpaired) electrons.